The molecule has 0 aromatic heterocycles. The molecule has 1 heterocycles. The van der Waals surface area contributed by atoms with Crippen LogP contribution in [0, 0.1) is 11.8 Å². The second-order valence-corrected chi connectivity index (χ2v) is 5.08. The third-order valence-corrected chi connectivity index (χ3v) is 3.07. The molecule has 1 fully saturated rings. The highest BCUT2D eigenvalue weighted by molar-refractivity contribution is 5.74. The summed E-state index contributed by atoms with van der Waals surface area (Å²) in [6.45, 7) is 9.27. The third-order valence-electron chi connectivity index (χ3n) is 3.07. The second kappa shape index (κ2) is 5.99. The Balaban J connectivity index is 2.17. The summed E-state index contributed by atoms with van der Waals surface area (Å²) in [5.41, 5.74) is 0. The average molecular weight is 212 g/mol. The first-order valence-corrected chi connectivity index (χ1v) is 6.12. The molecular weight excluding hydrogens is 188 g/mol. The molecule has 3 heteroatoms. The van der Waals surface area contributed by atoms with Gasteiger partial charge in [0, 0.05) is 19.6 Å². The van der Waals surface area contributed by atoms with Gasteiger partial charge in [0.25, 0.3) is 0 Å². The topological polar surface area (TPSA) is 32.3 Å². The van der Waals surface area contributed by atoms with Crippen molar-refractivity contribution in [3.05, 3.63) is 0 Å². The average Bonchev–Trinajstić information content (AvgIpc) is 2.18. The number of hydrogen-bond acceptors (Lipinski definition) is 1. The van der Waals surface area contributed by atoms with E-state index in [0.717, 1.165) is 44.8 Å². The van der Waals surface area contributed by atoms with Crippen LogP contribution in [0.25, 0.3) is 0 Å². The maximum Gasteiger partial charge on any atom is 0.317 e. The molecule has 1 N–H and O–H groups in total. The number of nitrogens with one attached hydrogen (secondary N) is 1. The maximum atomic E-state index is 11.7. The van der Waals surface area contributed by atoms with E-state index in [1.54, 1.807) is 0 Å². The van der Waals surface area contributed by atoms with Crippen molar-refractivity contribution in [2.24, 2.45) is 11.8 Å². The summed E-state index contributed by atoms with van der Waals surface area (Å²) in [5.74, 6) is 1.44. The van der Waals surface area contributed by atoms with E-state index in [0.29, 0.717) is 5.92 Å². The molecule has 3 nitrogen and oxygen atoms in total. The van der Waals surface area contributed by atoms with Crippen molar-refractivity contribution >= 4 is 6.03 Å². The molecule has 15 heavy (non-hydrogen) atoms. The number of carbonyl (C=O) groups excluding carboxylic acids is 1. The lowest BCUT2D eigenvalue weighted by Gasteiger charge is -2.30. The molecule has 0 aliphatic carbocycles. The lowest BCUT2D eigenvalue weighted by molar-refractivity contribution is 0.173. The molecule has 1 rings (SSSR count). The van der Waals surface area contributed by atoms with Gasteiger partial charge >= 0.3 is 6.03 Å². The fraction of sp³-hybridized carbons (Fsp3) is 0.917. The molecule has 0 unspecified atom stereocenters. The zero-order valence-corrected chi connectivity index (χ0v) is 10.3. The zero-order valence-electron chi connectivity index (χ0n) is 10.3. The van der Waals surface area contributed by atoms with Crippen LogP contribution in [0.1, 0.15) is 40.0 Å². The lowest BCUT2D eigenvalue weighted by Crippen LogP contribution is -2.44. The zero-order chi connectivity index (χ0) is 11.3. The van der Waals surface area contributed by atoms with Gasteiger partial charge in [-0.2, -0.15) is 0 Å². The van der Waals surface area contributed by atoms with Crippen molar-refractivity contribution in [3.8, 4) is 0 Å². The molecule has 0 saturated carbocycles. The summed E-state index contributed by atoms with van der Waals surface area (Å²) in [4.78, 5) is 13.6. The number of likely N-dealkylation sites (tertiary alicyclic amines) is 1. The highest BCUT2D eigenvalue weighted by Crippen LogP contribution is 2.15. The Bertz CT molecular complexity index is 196. The number of rotatable bonds is 3. The fourth-order valence-corrected chi connectivity index (χ4v) is 1.79. The van der Waals surface area contributed by atoms with Crippen LogP contribution >= 0.6 is 0 Å². The number of hydrogen-bond donors (Lipinski definition) is 1. The van der Waals surface area contributed by atoms with E-state index in [1.165, 1.54) is 0 Å². The first-order valence-electron chi connectivity index (χ1n) is 6.12. The van der Waals surface area contributed by atoms with Gasteiger partial charge in [-0.1, -0.05) is 20.8 Å². The molecule has 88 valence electrons. The molecule has 1 saturated heterocycles. The van der Waals surface area contributed by atoms with E-state index in [-0.39, 0.29) is 6.03 Å². The monoisotopic (exact) mass is 212 g/mol. The Morgan fingerprint density at radius 2 is 2.00 bits per heavy atom. The van der Waals surface area contributed by atoms with Crippen molar-refractivity contribution in [2.45, 2.75) is 40.0 Å². The Morgan fingerprint density at radius 1 is 1.40 bits per heavy atom. The van der Waals surface area contributed by atoms with Crippen molar-refractivity contribution in [3.63, 3.8) is 0 Å². The van der Waals surface area contributed by atoms with Crippen molar-refractivity contribution in [1.29, 1.82) is 0 Å². The standard InChI is InChI=1S/C12H24N2O/c1-10(2)4-7-13-12(15)14-8-5-11(3)6-9-14/h10-11H,4-9H2,1-3H3,(H,13,15). The summed E-state index contributed by atoms with van der Waals surface area (Å²) in [6, 6.07) is 0.127. The maximum absolute atomic E-state index is 11.7. The molecule has 0 aromatic carbocycles. The minimum Gasteiger partial charge on any atom is -0.338 e. The van der Waals surface area contributed by atoms with E-state index < -0.39 is 0 Å². The van der Waals surface area contributed by atoms with Gasteiger partial charge in [0.2, 0.25) is 0 Å². The van der Waals surface area contributed by atoms with Crippen LogP contribution in [0.4, 0.5) is 4.79 Å². The summed E-state index contributed by atoms with van der Waals surface area (Å²) < 4.78 is 0. The van der Waals surface area contributed by atoms with Gasteiger partial charge in [-0.3, -0.25) is 0 Å². The molecule has 0 spiro atoms. The summed E-state index contributed by atoms with van der Waals surface area (Å²) in [5, 5.41) is 2.99. The van der Waals surface area contributed by atoms with Crippen LogP contribution < -0.4 is 5.32 Å². The van der Waals surface area contributed by atoms with Crippen LogP contribution in [0.3, 0.4) is 0 Å². The number of piperidine rings is 1. The third kappa shape index (κ3) is 4.54. The fourth-order valence-electron chi connectivity index (χ4n) is 1.79. The van der Waals surface area contributed by atoms with E-state index in [9.17, 15) is 4.79 Å². The summed E-state index contributed by atoms with van der Waals surface area (Å²) in [7, 11) is 0. The minimum atomic E-state index is 0.127. The Hall–Kier alpha value is -0.730. The molecule has 1 aliphatic rings. The van der Waals surface area contributed by atoms with Crippen molar-refractivity contribution in [2.75, 3.05) is 19.6 Å². The van der Waals surface area contributed by atoms with E-state index in [1.807, 2.05) is 4.90 Å². The smallest absolute Gasteiger partial charge is 0.317 e. The van der Waals surface area contributed by atoms with Gasteiger partial charge < -0.3 is 10.2 Å². The molecule has 0 radical (unpaired) electrons. The van der Waals surface area contributed by atoms with E-state index >= 15 is 0 Å². The van der Waals surface area contributed by atoms with Gasteiger partial charge in [-0.15, -0.1) is 0 Å². The van der Waals surface area contributed by atoms with Crippen LogP contribution in [-0.2, 0) is 0 Å². The van der Waals surface area contributed by atoms with Crippen LogP contribution in [-0.4, -0.2) is 30.6 Å². The molecular formula is C12H24N2O. The molecule has 2 amide bonds. The van der Waals surface area contributed by atoms with Gasteiger partial charge in [0.1, 0.15) is 0 Å². The van der Waals surface area contributed by atoms with Gasteiger partial charge in [-0.05, 0) is 31.1 Å². The number of urea groups is 1. The van der Waals surface area contributed by atoms with E-state index in [2.05, 4.69) is 26.1 Å². The quantitative estimate of drug-likeness (QED) is 0.766. The predicted molar refractivity (Wildman–Crippen MR) is 62.8 cm³/mol. The predicted octanol–water partition coefficient (Wildman–Crippen LogP) is 2.47. The molecule has 0 atom stereocenters. The first kappa shape index (κ1) is 12.3. The van der Waals surface area contributed by atoms with Gasteiger partial charge in [-0.25, -0.2) is 4.79 Å². The van der Waals surface area contributed by atoms with Gasteiger partial charge in [0.05, 0.1) is 0 Å². The molecule has 1 aliphatic heterocycles. The Kier molecular flexibility index (Phi) is 4.92. The Labute approximate surface area is 93.2 Å². The van der Waals surface area contributed by atoms with Crippen LogP contribution in [0.15, 0.2) is 0 Å². The van der Waals surface area contributed by atoms with Crippen LogP contribution in [0.2, 0.25) is 0 Å². The van der Waals surface area contributed by atoms with Crippen molar-refractivity contribution < 1.29 is 4.79 Å². The molecule has 0 bridgehead atoms. The summed E-state index contributed by atoms with van der Waals surface area (Å²) in [6.07, 6.45) is 3.37. The largest absolute Gasteiger partial charge is 0.338 e. The van der Waals surface area contributed by atoms with Crippen molar-refractivity contribution in [1.82, 2.24) is 10.2 Å². The number of nitrogens with zero attached hydrogens (tertiary/aromatic N) is 1. The second-order valence-electron chi connectivity index (χ2n) is 5.08. The summed E-state index contributed by atoms with van der Waals surface area (Å²) >= 11 is 0. The normalized spacial score (nSPS) is 18.3. The van der Waals surface area contributed by atoms with Crippen LogP contribution in [0.5, 0.6) is 0 Å². The van der Waals surface area contributed by atoms with Gasteiger partial charge in [0.15, 0.2) is 0 Å². The Morgan fingerprint density at radius 3 is 2.53 bits per heavy atom. The minimum absolute atomic E-state index is 0.127. The number of amides is 2. The SMILES string of the molecule is CC(C)CCNC(=O)N1CCC(C)CC1. The lowest BCUT2D eigenvalue weighted by atomic mass is 10.00. The first-order chi connectivity index (χ1) is 7.09. The highest BCUT2D eigenvalue weighted by Gasteiger charge is 2.19. The number of carbonyl (C=O) groups is 1. The highest BCUT2D eigenvalue weighted by atomic mass is 16.2. The van der Waals surface area contributed by atoms with E-state index in [4.69, 9.17) is 0 Å². The molecule has 0 aromatic rings.